The molecule has 0 aliphatic rings. The average Bonchev–Trinajstić information content (AvgIpc) is 2.86. The second kappa shape index (κ2) is 5.10. The van der Waals surface area contributed by atoms with Gasteiger partial charge in [-0.15, -0.1) is 0 Å². The van der Waals surface area contributed by atoms with Gasteiger partial charge in [-0.3, -0.25) is 10.2 Å². The Labute approximate surface area is 110 Å². The molecule has 98 valence electrons. The largest absolute Gasteiger partial charge is 0.284 e. The third kappa shape index (κ3) is 2.41. The van der Waals surface area contributed by atoms with Crippen LogP contribution in [-0.4, -0.2) is 20.4 Å². The third-order valence-corrected chi connectivity index (χ3v) is 3.25. The highest BCUT2D eigenvalue weighted by Gasteiger charge is 2.20. The molecule has 1 atom stereocenters. The van der Waals surface area contributed by atoms with Crippen molar-refractivity contribution < 1.29 is 4.39 Å². The molecule has 0 spiro atoms. The summed E-state index contributed by atoms with van der Waals surface area (Å²) < 4.78 is 14.0. The maximum absolute atomic E-state index is 14.0. The lowest BCUT2D eigenvalue weighted by molar-refractivity contribution is 0.572. The minimum atomic E-state index is -0.247. The van der Waals surface area contributed by atoms with E-state index in [2.05, 4.69) is 20.4 Å². The van der Waals surface area contributed by atoms with Gasteiger partial charge in [0.15, 0.2) is 5.82 Å². The fourth-order valence-corrected chi connectivity index (χ4v) is 2.21. The first kappa shape index (κ1) is 13.1. The zero-order chi connectivity index (χ0) is 13.3. The first-order valence-corrected chi connectivity index (χ1v) is 6.30. The molecular weight excluding hydrogens is 255 g/mol. The van der Waals surface area contributed by atoms with Crippen molar-refractivity contribution in [2.45, 2.75) is 39.0 Å². The van der Waals surface area contributed by atoms with Gasteiger partial charge in [0.05, 0.1) is 16.4 Å². The van der Waals surface area contributed by atoms with Gasteiger partial charge in [-0.05, 0) is 0 Å². The first-order valence-electron chi connectivity index (χ1n) is 5.92. The van der Waals surface area contributed by atoms with Crippen LogP contribution < -0.4 is 0 Å². The lowest BCUT2D eigenvalue weighted by atomic mass is 10.0. The van der Waals surface area contributed by atoms with Gasteiger partial charge in [0, 0.05) is 24.5 Å². The molecule has 2 aromatic rings. The molecular formula is C12H16ClFN4. The summed E-state index contributed by atoms with van der Waals surface area (Å²) in [6.45, 7) is 5.78. The van der Waals surface area contributed by atoms with Crippen molar-refractivity contribution in [1.82, 2.24) is 20.4 Å². The van der Waals surface area contributed by atoms with Crippen molar-refractivity contribution in [2.75, 3.05) is 0 Å². The summed E-state index contributed by atoms with van der Waals surface area (Å²) in [5, 5.41) is 14.1. The van der Waals surface area contributed by atoms with Gasteiger partial charge in [-0.1, -0.05) is 32.4 Å². The second-order valence-electron chi connectivity index (χ2n) is 4.78. The quantitative estimate of drug-likeness (QED) is 0.895. The van der Waals surface area contributed by atoms with Crippen LogP contribution in [0.3, 0.4) is 0 Å². The molecule has 2 rings (SSSR count). The van der Waals surface area contributed by atoms with Gasteiger partial charge in [-0.2, -0.15) is 10.2 Å². The molecule has 0 saturated heterocycles. The van der Waals surface area contributed by atoms with Crippen LogP contribution >= 0.6 is 11.6 Å². The molecule has 0 bridgehead atoms. The first-order chi connectivity index (χ1) is 8.50. The van der Waals surface area contributed by atoms with Crippen LogP contribution in [0.2, 0.25) is 5.02 Å². The molecule has 0 saturated carbocycles. The molecule has 0 amide bonds. The standard InChI is InChI=1S/C12H16ClFN4/c1-6(2)11-10(14)9(16-18-11)4-7(3)12-8(13)5-15-17-12/h5-7H,4H2,1-3H3,(H,15,17)(H,16,18). The molecule has 2 aromatic heterocycles. The summed E-state index contributed by atoms with van der Waals surface area (Å²) in [6, 6.07) is 0. The zero-order valence-corrected chi connectivity index (χ0v) is 11.3. The van der Waals surface area contributed by atoms with Crippen LogP contribution in [0.1, 0.15) is 49.7 Å². The second-order valence-corrected chi connectivity index (χ2v) is 5.19. The summed E-state index contributed by atoms with van der Waals surface area (Å²) in [6.07, 6.45) is 2.12. The summed E-state index contributed by atoms with van der Waals surface area (Å²) >= 11 is 5.98. The minimum Gasteiger partial charge on any atom is -0.284 e. The molecule has 2 heterocycles. The Hall–Kier alpha value is -1.36. The summed E-state index contributed by atoms with van der Waals surface area (Å²) in [4.78, 5) is 0. The van der Waals surface area contributed by atoms with Gasteiger partial charge in [0.1, 0.15) is 5.69 Å². The van der Waals surface area contributed by atoms with Crippen molar-refractivity contribution in [3.8, 4) is 0 Å². The van der Waals surface area contributed by atoms with E-state index in [1.54, 1.807) is 6.20 Å². The number of nitrogens with one attached hydrogen (secondary N) is 2. The van der Waals surface area contributed by atoms with Gasteiger partial charge in [0.2, 0.25) is 0 Å². The predicted octanol–water partition coefficient (Wildman–Crippen LogP) is 3.39. The molecule has 6 heteroatoms. The lowest BCUT2D eigenvalue weighted by Crippen LogP contribution is -2.02. The van der Waals surface area contributed by atoms with Crippen LogP contribution in [0.15, 0.2) is 6.20 Å². The number of halogens is 2. The number of nitrogens with zero attached hydrogens (tertiary/aromatic N) is 2. The Bertz CT molecular complexity index is 532. The maximum Gasteiger partial charge on any atom is 0.167 e. The summed E-state index contributed by atoms with van der Waals surface area (Å²) in [5.74, 6) is -0.151. The van der Waals surface area contributed by atoms with Crippen LogP contribution in [0.4, 0.5) is 4.39 Å². The molecule has 0 aromatic carbocycles. The number of aromatic nitrogens is 4. The average molecular weight is 271 g/mol. The van der Waals surface area contributed by atoms with E-state index in [1.807, 2.05) is 20.8 Å². The van der Waals surface area contributed by atoms with E-state index in [0.717, 1.165) is 5.69 Å². The van der Waals surface area contributed by atoms with E-state index < -0.39 is 0 Å². The van der Waals surface area contributed by atoms with Gasteiger partial charge >= 0.3 is 0 Å². The molecule has 18 heavy (non-hydrogen) atoms. The van der Waals surface area contributed by atoms with E-state index >= 15 is 0 Å². The van der Waals surface area contributed by atoms with Crippen LogP contribution in [0.5, 0.6) is 0 Å². The normalized spacial score (nSPS) is 13.2. The van der Waals surface area contributed by atoms with E-state index in [1.165, 1.54) is 0 Å². The van der Waals surface area contributed by atoms with Crippen molar-refractivity contribution in [3.63, 3.8) is 0 Å². The Balaban J connectivity index is 2.17. The van der Waals surface area contributed by atoms with Crippen LogP contribution in [0.25, 0.3) is 0 Å². The molecule has 0 aliphatic carbocycles. The Morgan fingerprint density at radius 1 is 1.28 bits per heavy atom. The topological polar surface area (TPSA) is 57.4 Å². The maximum atomic E-state index is 14.0. The van der Waals surface area contributed by atoms with E-state index in [-0.39, 0.29) is 17.7 Å². The van der Waals surface area contributed by atoms with Crippen LogP contribution in [-0.2, 0) is 6.42 Å². The van der Waals surface area contributed by atoms with E-state index in [9.17, 15) is 4.39 Å². The molecule has 0 radical (unpaired) electrons. The third-order valence-electron chi connectivity index (χ3n) is 2.95. The summed E-state index contributed by atoms with van der Waals surface area (Å²) in [5.41, 5.74) is 1.73. The molecule has 2 N–H and O–H groups in total. The Kier molecular flexibility index (Phi) is 3.71. The highest BCUT2D eigenvalue weighted by molar-refractivity contribution is 6.31. The Morgan fingerprint density at radius 3 is 2.50 bits per heavy atom. The van der Waals surface area contributed by atoms with Crippen molar-refractivity contribution >= 4 is 11.6 Å². The van der Waals surface area contributed by atoms with E-state index in [0.29, 0.717) is 22.8 Å². The van der Waals surface area contributed by atoms with Crippen molar-refractivity contribution in [2.24, 2.45) is 0 Å². The minimum absolute atomic E-state index is 0.0266. The fraction of sp³-hybridized carbons (Fsp3) is 0.500. The number of aromatic amines is 2. The highest BCUT2D eigenvalue weighted by Crippen LogP contribution is 2.26. The fourth-order valence-electron chi connectivity index (χ4n) is 1.93. The van der Waals surface area contributed by atoms with E-state index in [4.69, 9.17) is 11.6 Å². The number of rotatable bonds is 4. The number of hydrogen-bond donors (Lipinski definition) is 2. The number of hydrogen-bond acceptors (Lipinski definition) is 2. The molecule has 0 fully saturated rings. The molecule has 4 nitrogen and oxygen atoms in total. The van der Waals surface area contributed by atoms with Crippen LogP contribution in [0, 0.1) is 5.82 Å². The zero-order valence-electron chi connectivity index (χ0n) is 10.6. The van der Waals surface area contributed by atoms with Gasteiger partial charge < -0.3 is 0 Å². The number of H-pyrrole nitrogens is 2. The van der Waals surface area contributed by atoms with Gasteiger partial charge in [-0.25, -0.2) is 4.39 Å². The molecule has 0 aliphatic heterocycles. The Morgan fingerprint density at radius 2 is 2.00 bits per heavy atom. The molecule has 1 unspecified atom stereocenters. The highest BCUT2D eigenvalue weighted by atomic mass is 35.5. The predicted molar refractivity (Wildman–Crippen MR) is 68.4 cm³/mol. The van der Waals surface area contributed by atoms with Crippen molar-refractivity contribution in [3.05, 3.63) is 34.1 Å². The van der Waals surface area contributed by atoms with Crippen molar-refractivity contribution in [1.29, 1.82) is 0 Å². The monoisotopic (exact) mass is 270 g/mol. The smallest absolute Gasteiger partial charge is 0.167 e. The summed E-state index contributed by atoms with van der Waals surface area (Å²) in [7, 11) is 0. The van der Waals surface area contributed by atoms with Gasteiger partial charge in [0.25, 0.3) is 0 Å². The SMILES string of the molecule is CC(C)c1n[nH]c(CC(C)c2n[nH]cc2Cl)c1F. The lowest BCUT2D eigenvalue weighted by Gasteiger charge is -2.07.